The van der Waals surface area contributed by atoms with E-state index in [-0.39, 0.29) is 23.8 Å². The summed E-state index contributed by atoms with van der Waals surface area (Å²) in [5, 5.41) is 0. The van der Waals surface area contributed by atoms with Crippen molar-refractivity contribution in [3.8, 4) is 0 Å². The van der Waals surface area contributed by atoms with E-state index in [1.807, 2.05) is 38.2 Å². The zero-order chi connectivity index (χ0) is 17.7. The fraction of sp³-hybridized carbons (Fsp3) is 0.588. The molecule has 0 saturated carbocycles. The number of carbonyl (C=O) groups excluding carboxylic acids is 1. The van der Waals surface area contributed by atoms with E-state index in [1.54, 1.807) is 0 Å². The summed E-state index contributed by atoms with van der Waals surface area (Å²) >= 11 is 0. The van der Waals surface area contributed by atoms with E-state index in [0.717, 1.165) is 24.0 Å². The lowest BCUT2D eigenvalue weighted by Gasteiger charge is -2.25. The van der Waals surface area contributed by atoms with E-state index in [9.17, 15) is 13.2 Å². The van der Waals surface area contributed by atoms with Crippen LogP contribution in [0.2, 0.25) is 0 Å². The van der Waals surface area contributed by atoms with Crippen molar-refractivity contribution < 1.29 is 17.9 Å². The van der Waals surface area contributed by atoms with Gasteiger partial charge in [0.1, 0.15) is 0 Å². The summed E-state index contributed by atoms with van der Waals surface area (Å²) in [4.78, 5) is 13.5. The van der Waals surface area contributed by atoms with Gasteiger partial charge in [-0.3, -0.25) is 9.69 Å². The Balaban J connectivity index is 1.88. The van der Waals surface area contributed by atoms with Crippen LogP contribution >= 0.6 is 0 Å². The molecule has 0 unspecified atom stereocenters. The van der Waals surface area contributed by atoms with Crippen LogP contribution in [0, 0.1) is 6.92 Å². The van der Waals surface area contributed by atoms with Gasteiger partial charge in [-0.15, -0.1) is 0 Å². The monoisotopic (exact) mass is 354 g/mol. The molecule has 0 aliphatic carbocycles. The summed E-state index contributed by atoms with van der Waals surface area (Å²) in [5.74, 6) is -0.241. The molecular weight excluding hydrogens is 328 g/mol. The Kier molecular flexibility index (Phi) is 6.37. The molecule has 1 aromatic carbocycles. The van der Waals surface area contributed by atoms with Crippen molar-refractivity contribution >= 4 is 16.0 Å². The average Bonchev–Trinajstić information content (AvgIpc) is 2.88. The number of esters is 1. The largest absolute Gasteiger partial charge is 0.469 e. The van der Waals surface area contributed by atoms with Gasteiger partial charge in [0, 0.05) is 18.6 Å². The number of nitrogens with one attached hydrogen (secondary N) is 1. The van der Waals surface area contributed by atoms with Crippen LogP contribution in [0.25, 0.3) is 0 Å². The number of carbonyl (C=O) groups is 1. The zero-order valence-corrected chi connectivity index (χ0v) is 15.3. The molecule has 0 bridgehead atoms. The Bertz CT molecular complexity index is 675. The lowest BCUT2D eigenvalue weighted by Crippen LogP contribution is -2.41. The van der Waals surface area contributed by atoms with Crippen LogP contribution in [-0.4, -0.2) is 52.1 Å². The maximum absolute atomic E-state index is 12.3. The molecule has 24 heavy (non-hydrogen) atoms. The molecule has 2 rings (SSSR count). The van der Waals surface area contributed by atoms with Crippen LogP contribution in [-0.2, 0) is 25.3 Å². The summed E-state index contributed by atoms with van der Waals surface area (Å²) in [7, 11) is -0.0667. The molecule has 0 amide bonds. The lowest BCUT2D eigenvalue weighted by molar-refractivity contribution is -0.141. The number of nitrogens with zero attached hydrogens (tertiary/aromatic N) is 1. The van der Waals surface area contributed by atoms with Gasteiger partial charge < -0.3 is 4.74 Å². The van der Waals surface area contributed by atoms with Gasteiger partial charge in [0.15, 0.2) is 0 Å². The Morgan fingerprint density at radius 3 is 2.62 bits per heavy atom. The molecule has 134 valence electrons. The Labute approximate surface area is 144 Å². The van der Waals surface area contributed by atoms with Crippen LogP contribution in [0.3, 0.4) is 0 Å². The molecule has 1 aromatic rings. The van der Waals surface area contributed by atoms with Gasteiger partial charge in [-0.1, -0.05) is 24.3 Å². The number of benzene rings is 1. The van der Waals surface area contributed by atoms with Crippen molar-refractivity contribution in [2.24, 2.45) is 0 Å². The van der Waals surface area contributed by atoms with Crippen LogP contribution in [0.15, 0.2) is 24.3 Å². The number of ether oxygens (including phenoxy) is 1. The first-order chi connectivity index (χ1) is 11.3. The molecule has 0 aromatic heterocycles. The van der Waals surface area contributed by atoms with E-state index < -0.39 is 10.0 Å². The number of rotatable bonds is 7. The summed E-state index contributed by atoms with van der Waals surface area (Å²) in [5.41, 5.74) is 1.78. The standard InChI is InChI=1S/C17H26N2O4S/c1-13-6-4-5-7-14(13)12-24(21,22)18-11-16-9-8-15(19(16)2)10-17(20)23-3/h4-7,15-16,18H,8-12H2,1-3H3/t15-,16+/m1/s1. The predicted octanol–water partition coefficient (Wildman–Crippen LogP) is 1.44. The molecule has 1 fully saturated rings. The van der Waals surface area contributed by atoms with Crippen molar-refractivity contribution in [1.82, 2.24) is 9.62 Å². The Hall–Kier alpha value is -1.44. The van der Waals surface area contributed by atoms with Crippen molar-refractivity contribution in [3.63, 3.8) is 0 Å². The summed E-state index contributed by atoms with van der Waals surface area (Å²) in [6.45, 7) is 2.27. The molecule has 1 N–H and O–H groups in total. The average molecular weight is 354 g/mol. The van der Waals surface area contributed by atoms with E-state index in [4.69, 9.17) is 4.74 Å². The van der Waals surface area contributed by atoms with Crippen LogP contribution in [0.5, 0.6) is 0 Å². The molecule has 1 aliphatic rings. The van der Waals surface area contributed by atoms with Gasteiger partial charge in [-0.05, 0) is 37.9 Å². The summed E-state index contributed by atoms with van der Waals surface area (Å²) < 4.78 is 32.1. The highest BCUT2D eigenvalue weighted by molar-refractivity contribution is 7.88. The molecule has 1 heterocycles. The number of likely N-dealkylation sites (N-methyl/N-ethyl adjacent to an activating group) is 1. The zero-order valence-electron chi connectivity index (χ0n) is 14.5. The smallest absolute Gasteiger partial charge is 0.307 e. The fourth-order valence-electron chi connectivity index (χ4n) is 3.11. The first-order valence-corrected chi connectivity index (χ1v) is 9.78. The molecule has 7 heteroatoms. The van der Waals surface area contributed by atoms with Gasteiger partial charge in [-0.25, -0.2) is 13.1 Å². The number of sulfonamides is 1. The highest BCUT2D eigenvalue weighted by atomic mass is 32.2. The van der Waals surface area contributed by atoms with Gasteiger partial charge in [0.25, 0.3) is 0 Å². The third-order valence-electron chi connectivity index (χ3n) is 4.76. The SMILES string of the molecule is COC(=O)C[C@H]1CC[C@@H](CNS(=O)(=O)Cc2ccccc2C)N1C. The number of hydrogen-bond acceptors (Lipinski definition) is 5. The molecule has 0 spiro atoms. The van der Waals surface area contributed by atoms with Crippen LogP contribution in [0.1, 0.15) is 30.4 Å². The molecule has 1 saturated heterocycles. The van der Waals surface area contributed by atoms with Crippen LogP contribution in [0.4, 0.5) is 0 Å². The number of hydrogen-bond donors (Lipinski definition) is 1. The van der Waals surface area contributed by atoms with E-state index in [1.165, 1.54) is 7.11 Å². The second kappa shape index (κ2) is 8.09. The highest BCUT2D eigenvalue weighted by Crippen LogP contribution is 2.24. The molecule has 6 nitrogen and oxygen atoms in total. The third kappa shape index (κ3) is 5.03. The minimum atomic E-state index is -3.38. The molecular formula is C17H26N2O4S. The number of methoxy groups -OCH3 is 1. The lowest BCUT2D eigenvalue weighted by atomic mass is 10.1. The second-order valence-electron chi connectivity index (χ2n) is 6.36. The quantitative estimate of drug-likeness (QED) is 0.750. The number of aryl methyl sites for hydroxylation is 1. The predicted molar refractivity (Wildman–Crippen MR) is 93.0 cm³/mol. The molecule has 0 radical (unpaired) electrons. The van der Waals surface area contributed by atoms with Crippen LogP contribution < -0.4 is 4.72 Å². The van der Waals surface area contributed by atoms with Gasteiger partial charge in [-0.2, -0.15) is 0 Å². The van der Waals surface area contributed by atoms with Crippen molar-refractivity contribution in [3.05, 3.63) is 35.4 Å². The Morgan fingerprint density at radius 2 is 1.96 bits per heavy atom. The molecule has 1 aliphatic heterocycles. The fourth-order valence-corrected chi connectivity index (χ4v) is 4.39. The van der Waals surface area contributed by atoms with E-state index in [0.29, 0.717) is 13.0 Å². The second-order valence-corrected chi connectivity index (χ2v) is 8.17. The highest BCUT2D eigenvalue weighted by Gasteiger charge is 2.32. The summed E-state index contributed by atoms with van der Waals surface area (Å²) in [6, 6.07) is 7.71. The minimum absolute atomic E-state index is 0.0122. The third-order valence-corrected chi connectivity index (χ3v) is 6.06. The first kappa shape index (κ1) is 18.9. The van der Waals surface area contributed by atoms with Crippen molar-refractivity contribution in [1.29, 1.82) is 0 Å². The number of likely N-dealkylation sites (tertiary alicyclic amines) is 1. The Morgan fingerprint density at radius 1 is 1.29 bits per heavy atom. The maximum atomic E-state index is 12.3. The summed E-state index contributed by atoms with van der Waals surface area (Å²) in [6.07, 6.45) is 2.08. The van der Waals surface area contributed by atoms with Crippen molar-refractivity contribution in [2.45, 2.75) is 44.0 Å². The van der Waals surface area contributed by atoms with E-state index >= 15 is 0 Å². The van der Waals surface area contributed by atoms with Crippen molar-refractivity contribution in [2.75, 3.05) is 20.7 Å². The topological polar surface area (TPSA) is 75.7 Å². The van der Waals surface area contributed by atoms with Gasteiger partial charge in [0.2, 0.25) is 10.0 Å². The van der Waals surface area contributed by atoms with Gasteiger partial charge in [0.05, 0.1) is 19.3 Å². The minimum Gasteiger partial charge on any atom is -0.469 e. The molecule has 2 atom stereocenters. The maximum Gasteiger partial charge on any atom is 0.307 e. The van der Waals surface area contributed by atoms with Gasteiger partial charge >= 0.3 is 5.97 Å². The normalized spacial score (nSPS) is 21.8. The van der Waals surface area contributed by atoms with E-state index in [2.05, 4.69) is 9.62 Å². The first-order valence-electron chi connectivity index (χ1n) is 8.13.